The van der Waals surface area contributed by atoms with E-state index in [1.807, 2.05) is 91.0 Å². The molecule has 1 aliphatic heterocycles. The van der Waals surface area contributed by atoms with Crippen LogP contribution in [0.1, 0.15) is 41.2 Å². The lowest BCUT2D eigenvalue weighted by atomic mass is 9.83. The number of carbonyl (C=O) groups excluding carboxylic acids is 1. The van der Waals surface area contributed by atoms with Crippen LogP contribution in [-0.4, -0.2) is 35.7 Å². The van der Waals surface area contributed by atoms with Gasteiger partial charge in [0, 0.05) is 47.7 Å². The fraction of sp³-hybridized carbons (Fsp3) is 0.200. The maximum absolute atomic E-state index is 14.3. The van der Waals surface area contributed by atoms with Crippen LogP contribution in [0.4, 0.5) is 5.69 Å². The number of azide groups is 1. The van der Waals surface area contributed by atoms with Crippen LogP contribution in [0.15, 0.2) is 125 Å². The van der Waals surface area contributed by atoms with Gasteiger partial charge in [0.2, 0.25) is 5.90 Å². The number of nitrogens with zero attached hydrogens (tertiary/aromatic N) is 4. The van der Waals surface area contributed by atoms with Crippen molar-refractivity contribution in [1.29, 1.82) is 0 Å². The maximum Gasteiger partial charge on any atom is 0.266 e. The minimum atomic E-state index is -1.47. The number of benzene rings is 4. The first-order chi connectivity index (χ1) is 22.1. The molecule has 0 radical (unpaired) electrons. The van der Waals surface area contributed by atoms with Gasteiger partial charge in [-0.1, -0.05) is 102 Å². The third-order valence-corrected chi connectivity index (χ3v) is 7.28. The number of rotatable bonds is 14. The number of amides is 1. The van der Waals surface area contributed by atoms with Gasteiger partial charge in [-0.05, 0) is 40.9 Å². The summed E-state index contributed by atoms with van der Waals surface area (Å²) in [5.74, 6) is 0.496. The van der Waals surface area contributed by atoms with Gasteiger partial charge in [0.05, 0.1) is 6.61 Å². The minimum absolute atomic E-state index is 0.0461. The van der Waals surface area contributed by atoms with E-state index in [0.717, 1.165) is 11.1 Å². The summed E-state index contributed by atoms with van der Waals surface area (Å²) in [4.78, 5) is 22.3. The summed E-state index contributed by atoms with van der Waals surface area (Å²) in [6, 6.07) is 33.7. The molecule has 5 rings (SSSR count). The molecule has 0 aromatic heterocycles. The van der Waals surface area contributed by atoms with Crippen LogP contribution in [0.2, 0.25) is 0 Å². The Morgan fingerprint density at radius 1 is 1.00 bits per heavy atom. The van der Waals surface area contributed by atoms with Gasteiger partial charge in [0.15, 0.2) is 11.6 Å². The van der Waals surface area contributed by atoms with Crippen molar-refractivity contribution in [3.8, 4) is 5.75 Å². The SMILES string of the molecule is [N-]=[N+]=Nc1ccccc1[C@@H]1OC(c2ccc(OCCCO)cc2)=N[C@]1(C/C=C/c1ccccc1)C(=O)NNCc1ccccc1. The Balaban J connectivity index is 1.54. The number of hydrazine groups is 1. The largest absolute Gasteiger partial charge is 0.494 e. The summed E-state index contributed by atoms with van der Waals surface area (Å²) in [6.45, 7) is 0.834. The lowest BCUT2D eigenvalue weighted by Crippen LogP contribution is -2.52. The van der Waals surface area contributed by atoms with Crippen molar-refractivity contribution in [3.05, 3.63) is 148 Å². The van der Waals surface area contributed by atoms with Crippen LogP contribution in [0.25, 0.3) is 16.5 Å². The monoisotopic (exact) mass is 602 g/mol. The second kappa shape index (κ2) is 15.4. The van der Waals surface area contributed by atoms with E-state index in [1.54, 1.807) is 30.3 Å². The molecule has 3 N–H and O–H groups in total. The standard InChI is InChI=1S/C35H34N6O4/c36-41-39-31-17-8-7-16-30(31)32-35(22-9-15-26-11-3-1-4-12-26,34(43)40-37-25-27-13-5-2-6-14-27)38-33(45-32)28-18-20-29(21-19-28)44-24-10-23-42/h1-9,11-21,32,37,42H,10,22-25H2,(H,40,43)/b15-9+/t32-,35-/m0/s1. The van der Waals surface area contributed by atoms with E-state index in [1.165, 1.54) is 0 Å². The number of carbonyl (C=O) groups is 1. The van der Waals surface area contributed by atoms with Gasteiger partial charge in [-0.25, -0.2) is 10.4 Å². The van der Waals surface area contributed by atoms with Gasteiger partial charge in [0.25, 0.3) is 5.91 Å². The summed E-state index contributed by atoms with van der Waals surface area (Å²) in [5, 5.41) is 13.0. The Labute approximate surface area is 261 Å². The summed E-state index contributed by atoms with van der Waals surface area (Å²) >= 11 is 0. The molecule has 0 bridgehead atoms. The molecule has 1 amide bonds. The molecule has 0 unspecified atom stereocenters. The Morgan fingerprint density at radius 3 is 2.44 bits per heavy atom. The molecule has 0 spiro atoms. The van der Waals surface area contributed by atoms with E-state index in [4.69, 9.17) is 19.6 Å². The van der Waals surface area contributed by atoms with Crippen LogP contribution < -0.4 is 15.6 Å². The number of hydrogen-bond donors (Lipinski definition) is 3. The number of hydrogen-bond acceptors (Lipinski definition) is 7. The average Bonchev–Trinajstić information content (AvgIpc) is 3.47. The fourth-order valence-corrected chi connectivity index (χ4v) is 5.01. The van der Waals surface area contributed by atoms with Crippen molar-refractivity contribution in [2.24, 2.45) is 10.1 Å². The molecule has 0 saturated heterocycles. The first kappa shape index (κ1) is 31.0. The van der Waals surface area contributed by atoms with Gasteiger partial charge in [-0.2, -0.15) is 0 Å². The summed E-state index contributed by atoms with van der Waals surface area (Å²) in [6.07, 6.45) is 3.63. The minimum Gasteiger partial charge on any atom is -0.494 e. The number of nitrogens with one attached hydrogen (secondary N) is 2. The number of ether oxygens (including phenoxy) is 2. The molecule has 2 atom stereocenters. The highest BCUT2D eigenvalue weighted by Crippen LogP contribution is 2.45. The first-order valence-electron chi connectivity index (χ1n) is 14.7. The highest BCUT2D eigenvalue weighted by molar-refractivity contribution is 6.01. The highest BCUT2D eigenvalue weighted by atomic mass is 16.5. The molecule has 4 aromatic rings. The van der Waals surface area contributed by atoms with Gasteiger partial charge in [-0.3, -0.25) is 10.2 Å². The lowest BCUT2D eigenvalue weighted by molar-refractivity contribution is -0.129. The van der Waals surface area contributed by atoms with E-state index >= 15 is 0 Å². The average molecular weight is 603 g/mol. The zero-order valence-electron chi connectivity index (χ0n) is 24.6. The first-order valence-corrected chi connectivity index (χ1v) is 14.7. The van der Waals surface area contributed by atoms with Crippen molar-refractivity contribution in [2.75, 3.05) is 13.2 Å². The lowest BCUT2D eigenvalue weighted by Gasteiger charge is -2.30. The van der Waals surface area contributed by atoms with Gasteiger partial charge < -0.3 is 14.6 Å². The van der Waals surface area contributed by atoms with E-state index < -0.39 is 17.6 Å². The van der Waals surface area contributed by atoms with Crippen LogP contribution in [-0.2, 0) is 16.1 Å². The summed E-state index contributed by atoms with van der Waals surface area (Å²) < 4.78 is 12.2. The molecular formula is C35H34N6O4. The molecule has 1 heterocycles. The fourth-order valence-electron chi connectivity index (χ4n) is 5.01. The van der Waals surface area contributed by atoms with E-state index in [-0.39, 0.29) is 18.9 Å². The highest BCUT2D eigenvalue weighted by Gasteiger charge is 2.53. The molecular weight excluding hydrogens is 568 g/mol. The van der Waals surface area contributed by atoms with Crippen LogP contribution >= 0.6 is 0 Å². The van der Waals surface area contributed by atoms with Crippen molar-refractivity contribution in [2.45, 2.75) is 31.0 Å². The normalized spacial score (nSPS) is 17.3. The van der Waals surface area contributed by atoms with E-state index in [9.17, 15) is 10.3 Å². The zero-order chi connectivity index (χ0) is 31.3. The van der Waals surface area contributed by atoms with E-state index in [2.05, 4.69) is 20.9 Å². The van der Waals surface area contributed by atoms with Crippen LogP contribution in [0.5, 0.6) is 5.75 Å². The van der Waals surface area contributed by atoms with Crippen LogP contribution in [0.3, 0.4) is 0 Å². The number of aliphatic hydroxyl groups is 1. The molecule has 0 fully saturated rings. The summed E-state index contributed by atoms with van der Waals surface area (Å²) in [5.41, 5.74) is 17.2. The van der Waals surface area contributed by atoms with Crippen molar-refractivity contribution >= 4 is 23.6 Å². The number of aliphatic hydroxyl groups excluding tert-OH is 1. The Bertz CT molecular complexity index is 1670. The number of aliphatic imine (C=N–C) groups is 1. The Kier molecular flexibility index (Phi) is 10.6. The topological polar surface area (TPSA) is 141 Å². The van der Waals surface area contributed by atoms with Gasteiger partial charge in [0.1, 0.15) is 5.75 Å². The quantitative estimate of drug-likeness (QED) is 0.0492. The Hall–Kier alpha value is -5.41. The second-order valence-electron chi connectivity index (χ2n) is 10.3. The van der Waals surface area contributed by atoms with Gasteiger partial charge in [-0.15, -0.1) is 0 Å². The molecule has 0 saturated carbocycles. The van der Waals surface area contributed by atoms with Crippen molar-refractivity contribution in [3.63, 3.8) is 0 Å². The molecule has 10 heteroatoms. The smallest absolute Gasteiger partial charge is 0.266 e. The van der Waals surface area contributed by atoms with Gasteiger partial charge >= 0.3 is 0 Å². The second-order valence-corrected chi connectivity index (χ2v) is 10.3. The zero-order valence-corrected chi connectivity index (χ0v) is 24.6. The molecule has 45 heavy (non-hydrogen) atoms. The van der Waals surface area contributed by atoms with Crippen LogP contribution in [0, 0.1) is 0 Å². The molecule has 10 nitrogen and oxygen atoms in total. The van der Waals surface area contributed by atoms with Crippen molar-refractivity contribution in [1.82, 2.24) is 10.9 Å². The molecule has 1 aliphatic rings. The molecule has 0 aliphatic carbocycles. The molecule has 228 valence electrons. The van der Waals surface area contributed by atoms with E-state index in [0.29, 0.717) is 42.1 Å². The maximum atomic E-state index is 14.3. The predicted molar refractivity (Wildman–Crippen MR) is 173 cm³/mol. The molecule has 4 aromatic carbocycles. The van der Waals surface area contributed by atoms with Crippen molar-refractivity contribution < 1.29 is 19.4 Å². The third kappa shape index (κ3) is 7.76. The predicted octanol–water partition coefficient (Wildman–Crippen LogP) is 6.57. The summed E-state index contributed by atoms with van der Waals surface area (Å²) in [7, 11) is 0. The third-order valence-electron chi connectivity index (χ3n) is 7.28. The Morgan fingerprint density at radius 2 is 1.71 bits per heavy atom.